The number of rotatable bonds is 18. The maximum absolute atomic E-state index is 12.9. The lowest BCUT2D eigenvalue weighted by atomic mass is 10.1. The van der Waals surface area contributed by atoms with Crippen molar-refractivity contribution in [1.82, 2.24) is 28.9 Å². The highest BCUT2D eigenvalue weighted by Crippen LogP contribution is 2.15. The number of aromatic nitrogens is 4. The van der Waals surface area contributed by atoms with Crippen LogP contribution >= 0.6 is 22.6 Å². The lowest BCUT2D eigenvalue weighted by molar-refractivity contribution is -0.149. The van der Waals surface area contributed by atoms with Gasteiger partial charge in [0.15, 0.2) is 0 Å². The van der Waals surface area contributed by atoms with Crippen molar-refractivity contribution in [1.29, 1.82) is 0 Å². The maximum Gasteiger partial charge on any atom is 0.323 e. The lowest BCUT2D eigenvalue weighted by Gasteiger charge is -2.24. The molecule has 0 aliphatic heterocycles. The van der Waals surface area contributed by atoms with E-state index in [0.29, 0.717) is 36.0 Å². The molecular weight excluding hydrogens is 759 g/mol. The van der Waals surface area contributed by atoms with Crippen molar-refractivity contribution < 1.29 is 38.2 Å². The Morgan fingerprint density at radius 1 is 0.875 bits per heavy atom. The van der Waals surface area contributed by atoms with Gasteiger partial charge in [0.05, 0.1) is 13.1 Å². The highest BCUT2D eigenvalue weighted by molar-refractivity contribution is 14.1. The van der Waals surface area contributed by atoms with Crippen LogP contribution in [0.4, 0.5) is 11.4 Å². The molecule has 18 heteroatoms. The van der Waals surface area contributed by atoms with Gasteiger partial charge < -0.3 is 38.8 Å². The monoisotopic (exact) mass is 791 g/mol. The third-order valence-electron chi connectivity index (χ3n) is 6.94. The second-order valence-electron chi connectivity index (χ2n) is 10.5. The van der Waals surface area contributed by atoms with E-state index < -0.39 is 42.2 Å². The smallest absolute Gasteiger partial charge is 0.323 e. The van der Waals surface area contributed by atoms with Gasteiger partial charge in [-0.3, -0.25) is 28.3 Å². The Balaban J connectivity index is 1.51. The van der Waals surface area contributed by atoms with E-state index in [1.165, 1.54) is 10.8 Å². The maximum atomic E-state index is 12.9. The van der Waals surface area contributed by atoms with Crippen molar-refractivity contribution in [2.24, 2.45) is 0 Å². The van der Waals surface area contributed by atoms with Crippen LogP contribution in [-0.2, 0) is 63.0 Å². The number of anilines is 2. The number of hydrogen-bond donors (Lipinski definition) is 4. The molecule has 1 unspecified atom stereocenters. The molecule has 0 bridgehead atoms. The first-order valence-electron chi connectivity index (χ1n) is 14.4. The minimum Gasteiger partial charge on any atom is -0.755 e. The van der Waals surface area contributed by atoms with Crippen LogP contribution < -0.4 is 10.0 Å². The summed E-state index contributed by atoms with van der Waals surface area (Å²) >= 11 is -0.283. The second-order valence-corrected chi connectivity index (χ2v) is 12.5. The predicted molar refractivity (Wildman–Crippen MR) is 181 cm³/mol. The molecule has 0 saturated heterocycles. The van der Waals surface area contributed by atoms with E-state index in [-0.39, 0.29) is 32.1 Å². The van der Waals surface area contributed by atoms with E-state index in [1.807, 2.05) is 23.1 Å². The summed E-state index contributed by atoms with van der Waals surface area (Å²) in [7, 11) is 0. The van der Waals surface area contributed by atoms with Crippen molar-refractivity contribution in [2.45, 2.75) is 32.6 Å². The Bertz CT molecular complexity index is 1750. The summed E-state index contributed by atoms with van der Waals surface area (Å²) < 4.78 is 28.5. The summed E-state index contributed by atoms with van der Waals surface area (Å²) in [6.07, 6.45) is 6.87. The van der Waals surface area contributed by atoms with E-state index in [1.54, 1.807) is 53.5 Å². The van der Waals surface area contributed by atoms with Gasteiger partial charge in [-0.25, -0.2) is 9.97 Å². The van der Waals surface area contributed by atoms with Gasteiger partial charge in [-0.05, 0) is 64.9 Å². The first-order chi connectivity index (χ1) is 22.9. The fourth-order valence-electron chi connectivity index (χ4n) is 4.73. The summed E-state index contributed by atoms with van der Waals surface area (Å²) in [6.45, 7) is -0.882. The number of amides is 2. The molecule has 4 N–H and O–H groups in total. The molecule has 0 aliphatic rings. The zero-order valence-corrected chi connectivity index (χ0v) is 28.4. The number of benzene rings is 2. The fraction of sp³-hybridized carbons (Fsp3) is 0.267. The van der Waals surface area contributed by atoms with Crippen LogP contribution in [0.25, 0.3) is 0 Å². The lowest BCUT2D eigenvalue weighted by Crippen LogP contribution is -2.41. The highest BCUT2D eigenvalue weighted by atomic mass is 127. The van der Waals surface area contributed by atoms with Crippen molar-refractivity contribution in [2.75, 3.05) is 29.7 Å². The third kappa shape index (κ3) is 11.5. The van der Waals surface area contributed by atoms with Crippen LogP contribution in [0.5, 0.6) is 0 Å². The standard InChI is InChI=1S/C30H33IN8O8S/c31-22-2-1-3-24(14-22)34-27(40)17-37-12-9-32-25(37)15-36(11-8-21-4-6-23(7-5-21)35-48(46)47)16-26-33-10-13-38(26)18-28(41)39(19-29(42)43)20-30(44)45/h1-7,9-10,12-14,35H,8,11,15-20H2,(H,34,40)(H,42,43)(H,44,45)(H,46,47)/p-1. The van der Waals surface area contributed by atoms with Gasteiger partial charge in [0.25, 0.3) is 0 Å². The number of halogens is 1. The van der Waals surface area contributed by atoms with Gasteiger partial charge in [-0.1, -0.05) is 18.2 Å². The molecule has 2 heterocycles. The molecule has 4 aromatic rings. The minimum absolute atomic E-state index is 0.0102. The largest absolute Gasteiger partial charge is 0.755 e. The van der Waals surface area contributed by atoms with E-state index in [4.69, 9.17) is 10.2 Å². The molecular formula is C30H32IN8O8S-. The van der Waals surface area contributed by atoms with Crippen molar-refractivity contribution in [3.63, 3.8) is 0 Å². The Morgan fingerprint density at radius 2 is 1.48 bits per heavy atom. The molecule has 1 atom stereocenters. The minimum atomic E-state index is -2.45. The molecule has 0 spiro atoms. The van der Waals surface area contributed by atoms with Crippen LogP contribution in [0.2, 0.25) is 0 Å². The number of carbonyl (C=O) groups excluding carboxylic acids is 2. The number of aliphatic carboxylic acids is 2. The summed E-state index contributed by atoms with van der Waals surface area (Å²) in [6, 6.07) is 14.3. The number of imidazole rings is 2. The number of nitrogens with zero attached hydrogens (tertiary/aromatic N) is 6. The summed E-state index contributed by atoms with van der Waals surface area (Å²) in [5, 5.41) is 21.2. The number of carboxylic acid groups (broad SMARTS) is 2. The van der Waals surface area contributed by atoms with Crippen molar-refractivity contribution >= 4 is 69.0 Å². The van der Waals surface area contributed by atoms with Crippen LogP contribution in [0.3, 0.4) is 0 Å². The van der Waals surface area contributed by atoms with Gasteiger partial charge in [0, 0.05) is 57.5 Å². The van der Waals surface area contributed by atoms with Crippen LogP contribution in [0.15, 0.2) is 73.3 Å². The quantitative estimate of drug-likeness (QED) is 0.0842. The Kier molecular flexibility index (Phi) is 13.2. The van der Waals surface area contributed by atoms with E-state index >= 15 is 0 Å². The van der Waals surface area contributed by atoms with Crippen LogP contribution in [0.1, 0.15) is 17.2 Å². The molecule has 48 heavy (non-hydrogen) atoms. The number of carboxylic acids is 2. The molecule has 0 aliphatic carbocycles. The topological polar surface area (TPSA) is 215 Å². The number of carbonyl (C=O) groups is 4. The Hall–Kier alpha value is -4.66. The van der Waals surface area contributed by atoms with Gasteiger partial charge in [0.2, 0.25) is 11.8 Å². The molecule has 0 radical (unpaired) electrons. The molecule has 16 nitrogen and oxygen atoms in total. The first-order valence-corrected chi connectivity index (χ1v) is 16.5. The molecule has 254 valence electrons. The summed E-state index contributed by atoms with van der Waals surface area (Å²) in [5.41, 5.74) is 2.00. The molecule has 2 aromatic carbocycles. The van der Waals surface area contributed by atoms with Gasteiger partial charge in [-0.2, -0.15) is 0 Å². The van der Waals surface area contributed by atoms with E-state index in [9.17, 15) is 27.9 Å². The fourth-order valence-corrected chi connectivity index (χ4v) is 5.61. The highest BCUT2D eigenvalue weighted by Gasteiger charge is 2.22. The van der Waals surface area contributed by atoms with Crippen molar-refractivity contribution in [3.8, 4) is 0 Å². The van der Waals surface area contributed by atoms with Crippen LogP contribution in [-0.4, -0.2) is 91.3 Å². The predicted octanol–water partition coefficient (Wildman–Crippen LogP) is 1.77. The Morgan fingerprint density at radius 3 is 2.04 bits per heavy atom. The van der Waals surface area contributed by atoms with E-state index in [0.717, 1.165) is 14.0 Å². The van der Waals surface area contributed by atoms with Gasteiger partial charge in [-0.15, -0.1) is 0 Å². The molecule has 4 rings (SSSR count). The average Bonchev–Trinajstić information content (AvgIpc) is 3.64. The Labute approximate surface area is 291 Å². The molecule has 0 saturated carbocycles. The zero-order valence-electron chi connectivity index (χ0n) is 25.4. The van der Waals surface area contributed by atoms with Gasteiger partial charge in [0.1, 0.15) is 37.8 Å². The number of nitrogens with one attached hydrogen (secondary N) is 2. The van der Waals surface area contributed by atoms with Gasteiger partial charge >= 0.3 is 11.9 Å². The SMILES string of the molecule is O=C(O)CN(CC(=O)O)C(=O)Cn1ccnc1CN(CCc1ccc(NS(=O)[O-])cc1)Cc1nccn1CC(=O)Nc1cccc(I)c1. The van der Waals surface area contributed by atoms with Crippen LogP contribution in [0, 0.1) is 3.57 Å². The molecule has 2 amide bonds. The molecule has 2 aromatic heterocycles. The summed E-state index contributed by atoms with van der Waals surface area (Å²) in [5.74, 6) is -2.57. The third-order valence-corrected chi connectivity index (χ3v) is 8.01. The van der Waals surface area contributed by atoms with Crippen molar-refractivity contribution in [3.05, 3.63) is 94.1 Å². The average molecular weight is 792 g/mol. The zero-order chi connectivity index (χ0) is 34.6. The second kappa shape index (κ2) is 17.5. The first kappa shape index (κ1) is 36.2. The number of hydrogen-bond acceptors (Lipinski definition) is 9. The normalized spacial score (nSPS) is 11.6. The molecule has 0 fully saturated rings. The van der Waals surface area contributed by atoms with E-state index in [2.05, 4.69) is 42.6 Å². The summed E-state index contributed by atoms with van der Waals surface area (Å²) in [4.78, 5) is 59.9.